The number of carbonyl (C=O) groups is 1. The van der Waals surface area contributed by atoms with Crippen molar-refractivity contribution in [1.82, 2.24) is 4.98 Å². The van der Waals surface area contributed by atoms with Gasteiger partial charge in [0.15, 0.2) is 0 Å². The third kappa shape index (κ3) is 3.64. The van der Waals surface area contributed by atoms with Gasteiger partial charge in [0.1, 0.15) is 5.82 Å². The van der Waals surface area contributed by atoms with Crippen molar-refractivity contribution in [3.05, 3.63) is 18.3 Å². The Hall–Kier alpha value is -2.22. The molecular formula is C15H19N3O2. The highest BCUT2D eigenvalue weighted by atomic mass is 16.4. The number of carboxylic acid groups (broad SMARTS) is 1. The van der Waals surface area contributed by atoms with Gasteiger partial charge in [-0.25, -0.2) is 4.98 Å². The molecule has 1 aliphatic rings. The number of carboxylic acids is 1. The van der Waals surface area contributed by atoms with Crippen LogP contribution in [0.2, 0.25) is 0 Å². The molecule has 1 aromatic heterocycles. The summed E-state index contributed by atoms with van der Waals surface area (Å²) in [6, 6.07) is 3.94. The summed E-state index contributed by atoms with van der Waals surface area (Å²) < 4.78 is 0. The van der Waals surface area contributed by atoms with Gasteiger partial charge in [0.2, 0.25) is 0 Å². The van der Waals surface area contributed by atoms with Gasteiger partial charge in [-0.15, -0.1) is 6.42 Å². The number of pyridine rings is 1. The minimum Gasteiger partial charge on any atom is -0.481 e. The van der Waals surface area contributed by atoms with E-state index in [0.29, 0.717) is 13.1 Å². The van der Waals surface area contributed by atoms with E-state index < -0.39 is 5.97 Å². The quantitative estimate of drug-likeness (QED) is 0.798. The lowest BCUT2D eigenvalue weighted by atomic mass is 10.3. The second-order valence-electron chi connectivity index (χ2n) is 4.84. The number of anilines is 2. The first-order valence-corrected chi connectivity index (χ1v) is 6.82. The van der Waals surface area contributed by atoms with Crippen molar-refractivity contribution in [3.63, 3.8) is 0 Å². The number of nitrogens with zero attached hydrogens (tertiary/aromatic N) is 3. The van der Waals surface area contributed by atoms with Crippen LogP contribution in [0.1, 0.15) is 19.3 Å². The summed E-state index contributed by atoms with van der Waals surface area (Å²) in [4.78, 5) is 19.2. The third-order valence-electron chi connectivity index (χ3n) is 3.41. The number of rotatable bonds is 6. The second kappa shape index (κ2) is 6.80. The van der Waals surface area contributed by atoms with Gasteiger partial charge in [-0.1, -0.05) is 5.92 Å². The van der Waals surface area contributed by atoms with Crippen LogP contribution >= 0.6 is 0 Å². The average Bonchev–Trinajstić information content (AvgIpc) is 2.97. The highest BCUT2D eigenvalue weighted by Gasteiger charge is 2.14. The molecule has 1 fully saturated rings. The predicted octanol–water partition coefficient (Wildman–Crippen LogP) is 1.60. The van der Waals surface area contributed by atoms with Crippen LogP contribution in [0.15, 0.2) is 18.3 Å². The van der Waals surface area contributed by atoms with Crippen molar-refractivity contribution in [3.8, 4) is 12.3 Å². The molecular weight excluding hydrogens is 254 g/mol. The maximum atomic E-state index is 10.7. The Labute approximate surface area is 119 Å². The topological polar surface area (TPSA) is 56.7 Å². The molecule has 0 spiro atoms. The molecule has 1 aliphatic heterocycles. The Balaban J connectivity index is 2.04. The summed E-state index contributed by atoms with van der Waals surface area (Å²) in [6.07, 6.45) is 9.60. The van der Waals surface area contributed by atoms with Crippen LogP contribution < -0.4 is 9.80 Å². The molecule has 0 unspecified atom stereocenters. The zero-order valence-corrected chi connectivity index (χ0v) is 11.5. The summed E-state index contributed by atoms with van der Waals surface area (Å²) in [5.41, 5.74) is 0.868. The largest absolute Gasteiger partial charge is 0.481 e. The fourth-order valence-corrected chi connectivity index (χ4v) is 2.34. The van der Waals surface area contributed by atoms with Crippen LogP contribution in [0.3, 0.4) is 0 Å². The maximum Gasteiger partial charge on any atom is 0.305 e. The van der Waals surface area contributed by atoms with Gasteiger partial charge in [0.05, 0.1) is 24.8 Å². The van der Waals surface area contributed by atoms with Gasteiger partial charge in [0.25, 0.3) is 0 Å². The molecule has 0 aliphatic carbocycles. The van der Waals surface area contributed by atoms with Crippen molar-refractivity contribution in [2.75, 3.05) is 36.0 Å². The molecule has 0 bridgehead atoms. The van der Waals surface area contributed by atoms with Gasteiger partial charge in [0, 0.05) is 19.6 Å². The summed E-state index contributed by atoms with van der Waals surface area (Å²) in [6.45, 7) is 2.89. The maximum absolute atomic E-state index is 10.7. The van der Waals surface area contributed by atoms with Gasteiger partial charge < -0.3 is 14.9 Å². The van der Waals surface area contributed by atoms with E-state index in [4.69, 9.17) is 11.5 Å². The molecule has 20 heavy (non-hydrogen) atoms. The average molecular weight is 273 g/mol. The second-order valence-corrected chi connectivity index (χ2v) is 4.84. The normalized spacial score (nSPS) is 14.1. The number of aliphatic carboxylic acids is 1. The van der Waals surface area contributed by atoms with Crippen LogP contribution in [-0.4, -0.2) is 42.2 Å². The Morgan fingerprint density at radius 3 is 2.75 bits per heavy atom. The van der Waals surface area contributed by atoms with Crippen LogP contribution in [0.25, 0.3) is 0 Å². The minimum absolute atomic E-state index is 0.0650. The summed E-state index contributed by atoms with van der Waals surface area (Å²) in [7, 11) is 0. The molecule has 1 aromatic rings. The van der Waals surface area contributed by atoms with Crippen LogP contribution in [0, 0.1) is 12.3 Å². The molecule has 1 N–H and O–H groups in total. The fourth-order valence-electron chi connectivity index (χ4n) is 2.34. The smallest absolute Gasteiger partial charge is 0.305 e. The SMILES string of the molecule is C#CCN(CCC(=O)O)c1ccc(N2CCCC2)nc1. The Morgan fingerprint density at radius 2 is 2.20 bits per heavy atom. The van der Waals surface area contributed by atoms with E-state index in [9.17, 15) is 4.79 Å². The molecule has 1 saturated heterocycles. The first kappa shape index (κ1) is 14.2. The van der Waals surface area contributed by atoms with Crippen LogP contribution in [-0.2, 0) is 4.79 Å². The highest BCUT2D eigenvalue weighted by molar-refractivity contribution is 5.67. The summed E-state index contributed by atoms with van der Waals surface area (Å²) in [5, 5.41) is 8.76. The number of hydrogen-bond donors (Lipinski definition) is 1. The minimum atomic E-state index is -0.825. The van der Waals surface area contributed by atoms with Gasteiger partial charge in [-0.05, 0) is 25.0 Å². The molecule has 0 aromatic carbocycles. The van der Waals surface area contributed by atoms with E-state index in [1.54, 1.807) is 6.20 Å². The Kier molecular flexibility index (Phi) is 4.83. The fraction of sp³-hybridized carbons (Fsp3) is 0.467. The van der Waals surface area contributed by atoms with Gasteiger partial charge in [-0.3, -0.25) is 4.79 Å². The van der Waals surface area contributed by atoms with E-state index >= 15 is 0 Å². The van der Waals surface area contributed by atoms with E-state index in [1.807, 2.05) is 17.0 Å². The molecule has 106 valence electrons. The lowest BCUT2D eigenvalue weighted by Crippen LogP contribution is -2.27. The number of aromatic nitrogens is 1. The molecule has 0 radical (unpaired) electrons. The highest BCUT2D eigenvalue weighted by Crippen LogP contribution is 2.21. The Morgan fingerprint density at radius 1 is 1.45 bits per heavy atom. The molecule has 5 nitrogen and oxygen atoms in total. The molecule has 2 heterocycles. The number of hydrogen-bond acceptors (Lipinski definition) is 4. The molecule has 5 heteroatoms. The molecule has 2 rings (SSSR count). The van der Waals surface area contributed by atoms with Crippen LogP contribution in [0.4, 0.5) is 11.5 Å². The molecule has 0 atom stereocenters. The standard InChI is InChI=1S/C15H19N3O2/c1-2-8-17(11-7-15(19)20)13-5-6-14(16-12-13)18-9-3-4-10-18/h1,5-6,12H,3-4,7-11H2,(H,19,20). The summed E-state index contributed by atoms with van der Waals surface area (Å²) in [5.74, 6) is 2.71. The predicted molar refractivity (Wildman–Crippen MR) is 79.0 cm³/mol. The van der Waals surface area contributed by atoms with E-state index in [0.717, 1.165) is 24.6 Å². The van der Waals surface area contributed by atoms with Crippen molar-refractivity contribution in [2.24, 2.45) is 0 Å². The van der Waals surface area contributed by atoms with E-state index in [1.165, 1.54) is 12.8 Å². The van der Waals surface area contributed by atoms with Gasteiger partial charge in [-0.2, -0.15) is 0 Å². The Bertz CT molecular complexity index is 487. The van der Waals surface area contributed by atoms with E-state index in [-0.39, 0.29) is 6.42 Å². The van der Waals surface area contributed by atoms with Gasteiger partial charge >= 0.3 is 5.97 Å². The van der Waals surface area contributed by atoms with Crippen molar-refractivity contribution in [1.29, 1.82) is 0 Å². The first-order chi connectivity index (χ1) is 9.70. The lowest BCUT2D eigenvalue weighted by Gasteiger charge is -2.22. The summed E-state index contributed by atoms with van der Waals surface area (Å²) >= 11 is 0. The van der Waals surface area contributed by atoms with Crippen LogP contribution in [0.5, 0.6) is 0 Å². The van der Waals surface area contributed by atoms with Crippen molar-refractivity contribution in [2.45, 2.75) is 19.3 Å². The number of terminal acetylenes is 1. The van der Waals surface area contributed by atoms with Crippen molar-refractivity contribution < 1.29 is 9.90 Å². The first-order valence-electron chi connectivity index (χ1n) is 6.82. The van der Waals surface area contributed by atoms with E-state index in [2.05, 4.69) is 15.8 Å². The van der Waals surface area contributed by atoms with Crippen molar-refractivity contribution >= 4 is 17.5 Å². The monoisotopic (exact) mass is 273 g/mol. The lowest BCUT2D eigenvalue weighted by molar-refractivity contribution is -0.136. The zero-order valence-electron chi connectivity index (χ0n) is 11.5. The third-order valence-corrected chi connectivity index (χ3v) is 3.41. The molecule has 0 amide bonds. The zero-order chi connectivity index (χ0) is 14.4. The molecule has 0 saturated carbocycles.